The Bertz CT molecular complexity index is 341. The Labute approximate surface area is 81.8 Å². The molecule has 0 aliphatic carbocycles. The van der Waals surface area contributed by atoms with E-state index in [1.807, 2.05) is 0 Å². The van der Waals surface area contributed by atoms with E-state index in [4.69, 9.17) is 5.11 Å². The maximum Gasteiger partial charge on any atom is 0.326 e. The molecule has 4 heteroatoms. The van der Waals surface area contributed by atoms with Gasteiger partial charge in [0.15, 0.2) is 0 Å². The number of para-hydroxylation sites is 1. The lowest BCUT2D eigenvalue weighted by Crippen LogP contribution is -2.36. The number of hydrogen-bond donors (Lipinski definition) is 1. The van der Waals surface area contributed by atoms with Gasteiger partial charge < -0.3 is 10.0 Å². The predicted octanol–water partition coefficient (Wildman–Crippen LogP) is 1.74. The highest BCUT2D eigenvalue weighted by atomic mass is 19.1. The highest BCUT2D eigenvalue weighted by Gasteiger charge is 2.18. The molecule has 0 bridgehead atoms. The Hall–Kier alpha value is -1.58. The van der Waals surface area contributed by atoms with Gasteiger partial charge in [-0.3, -0.25) is 0 Å². The Morgan fingerprint density at radius 3 is 2.57 bits per heavy atom. The van der Waals surface area contributed by atoms with Crippen molar-refractivity contribution in [1.82, 2.24) is 0 Å². The Kier molecular flexibility index (Phi) is 3.06. The summed E-state index contributed by atoms with van der Waals surface area (Å²) in [6.45, 7) is 1.51. The zero-order valence-corrected chi connectivity index (χ0v) is 8.07. The number of benzene rings is 1. The second-order valence-corrected chi connectivity index (χ2v) is 3.08. The summed E-state index contributed by atoms with van der Waals surface area (Å²) in [5, 5.41) is 8.74. The van der Waals surface area contributed by atoms with Crippen molar-refractivity contribution in [2.75, 3.05) is 11.9 Å². The van der Waals surface area contributed by atoms with E-state index in [0.29, 0.717) is 5.69 Å². The van der Waals surface area contributed by atoms with Crippen molar-refractivity contribution in [3.05, 3.63) is 30.1 Å². The molecule has 0 radical (unpaired) electrons. The smallest absolute Gasteiger partial charge is 0.326 e. The number of hydrogen-bond acceptors (Lipinski definition) is 2. The fourth-order valence-electron chi connectivity index (χ4n) is 1.11. The number of halogens is 1. The number of carboxylic acids is 1. The van der Waals surface area contributed by atoms with E-state index in [9.17, 15) is 9.18 Å². The van der Waals surface area contributed by atoms with Crippen LogP contribution in [0.1, 0.15) is 6.92 Å². The summed E-state index contributed by atoms with van der Waals surface area (Å²) in [5.41, 5.74) is 0.294. The number of anilines is 1. The third kappa shape index (κ3) is 2.02. The maximum absolute atomic E-state index is 13.2. The first kappa shape index (κ1) is 10.5. The molecule has 1 aromatic carbocycles. The molecular formula is C10H12FNO2. The van der Waals surface area contributed by atoms with E-state index >= 15 is 0 Å². The third-order valence-corrected chi connectivity index (χ3v) is 2.17. The molecule has 0 amide bonds. The number of aliphatic carboxylic acids is 1. The molecule has 0 aliphatic heterocycles. The quantitative estimate of drug-likeness (QED) is 0.802. The number of carbonyl (C=O) groups is 1. The molecule has 0 saturated heterocycles. The molecule has 0 aliphatic rings. The lowest BCUT2D eigenvalue weighted by Gasteiger charge is -2.23. The molecule has 0 spiro atoms. The Morgan fingerprint density at radius 2 is 2.07 bits per heavy atom. The Balaban J connectivity index is 2.94. The summed E-state index contributed by atoms with van der Waals surface area (Å²) in [5.74, 6) is -1.39. The van der Waals surface area contributed by atoms with E-state index < -0.39 is 17.8 Å². The standard InChI is InChI=1S/C10H12FNO2/c1-7(10(13)14)12(2)9-6-4-3-5-8(9)11/h3-7H,1-2H3,(H,13,14)/t7-/m1/s1. The van der Waals surface area contributed by atoms with Crippen molar-refractivity contribution in [1.29, 1.82) is 0 Å². The molecule has 1 rings (SSSR count). The SMILES string of the molecule is C[C@H](C(=O)O)N(C)c1ccccc1F. The van der Waals surface area contributed by atoms with E-state index in [-0.39, 0.29) is 0 Å². The van der Waals surface area contributed by atoms with Crippen LogP contribution in [0.4, 0.5) is 10.1 Å². The zero-order chi connectivity index (χ0) is 10.7. The minimum absolute atomic E-state index is 0.294. The van der Waals surface area contributed by atoms with Crippen LogP contribution in [0.2, 0.25) is 0 Å². The van der Waals surface area contributed by atoms with Crippen molar-refractivity contribution in [3.8, 4) is 0 Å². The fourth-order valence-corrected chi connectivity index (χ4v) is 1.11. The van der Waals surface area contributed by atoms with E-state index in [1.54, 1.807) is 25.2 Å². The number of rotatable bonds is 3. The summed E-state index contributed by atoms with van der Waals surface area (Å²) >= 11 is 0. The first-order valence-corrected chi connectivity index (χ1v) is 4.24. The zero-order valence-electron chi connectivity index (χ0n) is 8.07. The fraction of sp³-hybridized carbons (Fsp3) is 0.300. The highest BCUT2D eigenvalue weighted by molar-refractivity contribution is 5.77. The van der Waals surface area contributed by atoms with Gasteiger partial charge in [-0.15, -0.1) is 0 Å². The molecule has 1 atom stereocenters. The van der Waals surface area contributed by atoms with Crippen molar-refractivity contribution in [3.63, 3.8) is 0 Å². The van der Waals surface area contributed by atoms with Crippen LogP contribution in [0.25, 0.3) is 0 Å². The second-order valence-electron chi connectivity index (χ2n) is 3.08. The molecule has 76 valence electrons. The van der Waals surface area contributed by atoms with Gasteiger partial charge >= 0.3 is 5.97 Å². The summed E-state index contributed by atoms with van der Waals surface area (Å²) in [4.78, 5) is 12.0. The van der Waals surface area contributed by atoms with E-state index in [0.717, 1.165) is 0 Å². The second kappa shape index (κ2) is 4.09. The largest absolute Gasteiger partial charge is 0.480 e. The molecule has 0 saturated carbocycles. The average Bonchev–Trinajstić information content (AvgIpc) is 2.16. The van der Waals surface area contributed by atoms with Crippen molar-refractivity contribution < 1.29 is 14.3 Å². The lowest BCUT2D eigenvalue weighted by atomic mass is 10.2. The normalized spacial score (nSPS) is 12.2. The minimum Gasteiger partial charge on any atom is -0.480 e. The van der Waals surface area contributed by atoms with Crippen LogP contribution in [-0.2, 0) is 4.79 Å². The Morgan fingerprint density at radius 1 is 1.50 bits per heavy atom. The summed E-state index contributed by atoms with van der Waals surface area (Å²) < 4.78 is 13.2. The van der Waals surface area contributed by atoms with Crippen LogP contribution in [0.3, 0.4) is 0 Å². The van der Waals surface area contributed by atoms with Crippen LogP contribution in [0, 0.1) is 5.82 Å². The summed E-state index contributed by atoms with van der Waals surface area (Å²) in [7, 11) is 1.55. The van der Waals surface area contributed by atoms with Gasteiger partial charge in [0.25, 0.3) is 0 Å². The molecule has 14 heavy (non-hydrogen) atoms. The van der Waals surface area contributed by atoms with Gasteiger partial charge in [-0.2, -0.15) is 0 Å². The molecule has 3 nitrogen and oxygen atoms in total. The van der Waals surface area contributed by atoms with E-state index in [2.05, 4.69) is 0 Å². The van der Waals surface area contributed by atoms with Crippen LogP contribution < -0.4 is 4.90 Å². The van der Waals surface area contributed by atoms with Gasteiger partial charge in [0, 0.05) is 7.05 Å². The molecule has 0 aromatic heterocycles. The number of likely N-dealkylation sites (N-methyl/N-ethyl adjacent to an activating group) is 1. The summed E-state index contributed by atoms with van der Waals surface area (Å²) in [6, 6.07) is 5.35. The van der Waals surface area contributed by atoms with Gasteiger partial charge in [-0.1, -0.05) is 12.1 Å². The first-order valence-electron chi connectivity index (χ1n) is 4.24. The van der Waals surface area contributed by atoms with Crippen LogP contribution in [0.5, 0.6) is 0 Å². The monoisotopic (exact) mass is 197 g/mol. The molecule has 1 N–H and O–H groups in total. The molecular weight excluding hydrogens is 185 g/mol. The van der Waals surface area contributed by atoms with Crippen molar-refractivity contribution in [2.24, 2.45) is 0 Å². The van der Waals surface area contributed by atoms with Crippen LogP contribution >= 0.6 is 0 Å². The van der Waals surface area contributed by atoms with Gasteiger partial charge in [-0.05, 0) is 19.1 Å². The van der Waals surface area contributed by atoms with Gasteiger partial charge in [0.1, 0.15) is 11.9 Å². The predicted molar refractivity (Wildman–Crippen MR) is 51.9 cm³/mol. The number of carboxylic acid groups (broad SMARTS) is 1. The van der Waals surface area contributed by atoms with Crippen LogP contribution in [-0.4, -0.2) is 24.2 Å². The molecule has 1 aromatic rings. The van der Waals surface area contributed by atoms with Crippen molar-refractivity contribution in [2.45, 2.75) is 13.0 Å². The van der Waals surface area contributed by atoms with Gasteiger partial charge in [-0.25, -0.2) is 9.18 Å². The molecule has 0 heterocycles. The van der Waals surface area contributed by atoms with Crippen molar-refractivity contribution >= 4 is 11.7 Å². The molecule has 0 unspecified atom stereocenters. The van der Waals surface area contributed by atoms with Crippen LogP contribution in [0.15, 0.2) is 24.3 Å². The maximum atomic E-state index is 13.2. The molecule has 0 fully saturated rings. The van der Waals surface area contributed by atoms with Gasteiger partial charge in [0.05, 0.1) is 5.69 Å². The topological polar surface area (TPSA) is 40.5 Å². The highest BCUT2D eigenvalue weighted by Crippen LogP contribution is 2.18. The first-order chi connectivity index (χ1) is 6.54. The average molecular weight is 197 g/mol. The summed E-state index contributed by atoms with van der Waals surface area (Å²) in [6.07, 6.45) is 0. The lowest BCUT2D eigenvalue weighted by molar-refractivity contribution is -0.138. The van der Waals surface area contributed by atoms with Gasteiger partial charge in [0.2, 0.25) is 0 Å². The third-order valence-electron chi connectivity index (χ3n) is 2.17. The van der Waals surface area contributed by atoms with E-state index in [1.165, 1.54) is 17.9 Å². The minimum atomic E-state index is -0.976. The number of nitrogens with zero attached hydrogens (tertiary/aromatic N) is 1.